The van der Waals surface area contributed by atoms with Crippen molar-refractivity contribution in [1.82, 2.24) is 9.80 Å². The lowest BCUT2D eigenvalue weighted by Gasteiger charge is -2.34. The lowest BCUT2D eigenvalue weighted by atomic mass is 10.1. The van der Waals surface area contributed by atoms with Gasteiger partial charge in [0.2, 0.25) is 5.91 Å². The first-order valence-corrected chi connectivity index (χ1v) is 5.72. The number of nitrogens with zero attached hydrogens (tertiary/aromatic N) is 2. The van der Waals surface area contributed by atoms with Gasteiger partial charge in [-0.15, -0.1) is 0 Å². The van der Waals surface area contributed by atoms with E-state index in [4.69, 9.17) is 0 Å². The molecule has 0 radical (unpaired) electrons. The van der Waals surface area contributed by atoms with Gasteiger partial charge in [0.25, 0.3) is 0 Å². The van der Waals surface area contributed by atoms with E-state index in [1.54, 1.807) is 0 Å². The maximum absolute atomic E-state index is 12.0. The molecule has 0 aromatic rings. The molecule has 1 heterocycles. The summed E-state index contributed by atoms with van der Waals surface area (Å²) in [7, 11) is 0. The highest BCUT2D eigenvalue weighted by Gasteiger charge is 2.21. The number of amides is 1. The molecule has 0 aromatic heterocycles. The second-order valence-corrected chi connectivity index (χ2v) is 4.35. The molecular formula is C12H22N2O. The number of carbonyl (C=O) groups excluding carboxylic acids is 1. The molecule has 1 fully saturated rings. The van der Waals surface area contributed by atoms with Gasteiger partial charge in [0.15, 0.2) is 0 Å². The molecule has 0 atom stereocenters. The lowest BCUT2D eigenvalue weighted by Crippen LogP contribution is -2.48. The zero-order valence-electron chi connectivity index (χ0n) is 10.3. The van der Waals surface area contributed by atoms with E-state index >= 15 is 0 Å². The van der Waals surface area contributed by atoms with Gasteiger partial charge in [0.1, 0.15) is 0 Å². The molecule has 3 heteroatoms. The van der Waals surface area contributed by atoms with Crippen LogP contribution in [0.1, 0.15) is 27.7 Å². The van der Waals surface area contributed by atoms with E-state index in [0.717, 1.165) is 43.9 Å². The SMILES string of the molecule is CCN1CCN(C(=O)C(C)=C(C)C)CC1. The van der Waals surface area contributed by atoms with Crippen LogP contribution in [0.5, 0.6) is 0 Å². The van der Waals surface area contributed by atoms with Crippen molar-refractivity contribution in [2.24, 2.45) is 0 Å². The van der Waals surface area contributed by atoms with Crippen LogP contribution in [0.4, 0.5) is 0 Å². The van der Waals surface area contributed by atoms with Gasteiger partial charge < -0.3 is 9.80 Å². The van der Waals surface area contributed by atoms with Gasteiger partial charge in [-0.2, -0.15) is 0 Å². The van der Waals surface area contributed by atoms with Crippen LogP contribution in [-0.4, -0.2) is 48.4 Å². The molecule has 0 aromatic carbocycles. The van der Waals surface area contributed by atoms with Crippen molar-refractivity contribution < 1.29 is 4.79 Å². The lowest BCUT2D eigenvalue weighted by molar-refractivity contribution is -0.128. The molecular weight excluding hydrogens is 188 g/mol. The maximum Gasteiger partial charge on any atom is 0.249 e. The summed E-state index contributed by atoms with van der Waals surface area (Å²) in [6.07, 6.45) is 0. The Bertz CT molecular complexity index is 259. The van der Waals surface area contributed by atoms with Crippen molar-refractivity contribution in [1.29, 1.82) is 0 Å². The van der Waals surface area contributed by atoms with E-state index in [1.165, 1.54) is 0 Å². The standard InChI is InChI=1S/C12H22N2O/c1-5-13-6-8-14(9-7-13)12(15)11(4)10(2)3/h5-9H2,1-4H3. The van der Waals surface area contributed by atoms with Crippen molar-refractivity contribution in [2.45, 2.75) is 27.7 Å². The predicted molar refractivity (Wildman–Crippen MR) is 62.7 cm³/mol. The molecule has 1 aliphatic heterocycles. The summed E-state index contributed by atoms with van der Waals surface area (Å²) in [4.78, 5) is 16.3. The number of carbonyl (C=O) groups is 1. The fraction of sp³-hybridized carbons (Fsp3) is 0.750. The Kier molecular flexibility index (Phi) is 4.33. The first-order chi connectivity index (χ1) is 7.06. The highest BCUT2D eigenvalue weighted by atomic mass is 16.2. The van der Waals surface area contributed by atoms with E-state index in [9.17, 15) is 4.79 Å². The monoisotopic (exact) mass is 210 g/mol. The minimum atomic E-state index is 0.214. The van der Waals surface area contributed by atoms with E-state index in [0.29, 0.717) is 0 Å². The highest BCUT2D eigenvalue weighted by molar-refractivity contribution is 5.93. The average molecular weight is 210 g/mol. The Morgan fingerprint density at radius 1 is 1.07 bits per heavy atom. The summed E-state index contributed by atoms with van der Waals surface area (Å²) >= 11 is 0. The minimum absolute atomic E-state index is 0.214. The fourth-order valence-corrected chi connectivity index (χ4v) is 1.72. The summed E-state index contributed by atoms with van der Waals surface area (Å²) in [5.41, 5.74) is 2.03. The van der Waals surface area contributed by atoms with E-state index < -0.39 is 0 Å². The van der Waals surface area contributed by atoms with Crippen LogP contribution in [0.2, 0.25) is 0 Å². The third-order valence-electron chi connectivity index (χ3n) is 3.18. The Labute approximate surface area is 92.7 Å². The molecule has 15 heavy (non-hydrogen) atoms. The number of allylic oxidation sites excluding steroid dienone is 1. The van der Waals surface area contributed by atoms with Gasteiger partial charge in [-0.25, -0.2) is 0 Å². The zero-order chi connectivity index (χ0) is 11.4. The van der Waals surface area contributed by atoms with Gasteiger partial charge in [-0.1, -0.05) is 12.5 Å². The number of hydrogen-bond acceptors (Lipinski definition) is 2. The van der Waals surface area contributed by atoms with E-state index in [-0.39, 0.29) is 5.91 Å². The van der Waals surface area contributed by atoms with Crippen LogP contribution < -0.4 is 0 Å². The number of rotatable bonds is 2. The number of likely N-dealkylation sites (N-methyl/N-ethyl adjacent to an activating group) is 1. The van der Waals surface area contributed by atoms with Crippen LogP contribution in [0.25, 0.3) is 0 Å². The van der Waals surface area contributed by atoms with Gasteiger partial charge in [0, 0.05) is 31.8 Å². The molecule has 1 rings (SSSR count). The Balaban J connectivity index is 2.54. The van der Waals surface area contributed by atoms with Crippen LogP contribution >= 0.6 is 0 Å². The molecule has 86 valence electrons. The summed E-state index contributed by atoms with van der Waals surface area (Å²) in [6, 6.07) is 0. The Morgan fingerprint density at radius 3 is 2.00 bits per heavy atom. The van der Waals surface area contributed by atoms with E-state index in [1.807, 2.05) is 25.7 Å². The molecule has 0 unspecified atom stereocenters. The number of hydrogen-bond donors (Lipinski definition) is 0. The molecule has 0 spiro atoms. The van der Waals surface area contributed by atoms with Crippen molar-refractivity contribution in [2.75, 3.05) is 32.7 Å². The minimum Gasteiger partial charge on any atom is -0.336 e. The summed E-state index contributed by atoms with van der Waals surface area (Å²) < 4.78 is 0. The molecule has 0 N–H and O–H groups in total. The molecule has 1 saturated heterocycles. The molecule has 0 saturated carbocycles. The largest absolute Gasteiger partial charge is 0.336 e. The first-order valence-electron chi connectivity index (χ1n) is 5.72. The van der Waals surface area contributed by atoms with Gasteiger partial charge in [-0.3, -0.25) is 4.79 Å². The first kappa shape index (κ1) is 12.2. The summed E-state index contributed by atoms with van der Waals surface area (Å²) in [6.45, 7) is 12.9. The zero-order valence-corrected chi connectivity index (χ0v) is 10.3. The Morgan fingerprint density at radius 2 is 1.60 bits per heavy atom. The third kappa shape index (κ3) is 3.06. The van der Waals surface area contributed by atoms with Gasteiger partial charge in [0.05, 0.1) is 0 Å². The molecule has 3 nitrogen and oxygen atoms in total. The smallest absolute Gasteiger partial charge is 0.249 e. The average Bonchev–Trinajstić information content (AvgIpc) is 2.27. The second kappa shape index (κ2) is 5.31. The maximum atomic E-state index is 12.0. The van der Waals surface area contributed by atoms with Crippen molar-refractivity contribution in [3.05, 3.63) is 11.1 Å². The van der Waals surface area contributed by atoms with Crippen LogP contribution in [0.15, 0.2) is 11.1 Å². The van der Waals surface area contributed by atoms with Crippen LogP contribution in [-0.2, 0) is 4.79 Å². The molecule has 0 bridgehead atoms. The van der Waals surface area contributed by atoms with Crippen molar-refractivity contribution >= 4 is 5.91 Å². The molecule has 0 aliphatic carbocycles. The van der Waals surface area contributed by atoms with Crippen LogP contribution in [0.3, 0.4) is 0 Å². The highest BCUT2D eigenvalue weighted by Crippen LogP contribution is 2.09. The molecule has 1 amide bonds. The van der Waals surface area contributed by atoms with Gasteiger partial charge >= 0.3 is 0 Å². The van der Waals surface area contributed by atoms with E-state index in [2.05, 4.69) is 11.8 Å². The quantitative estimate of drug-likeness (QED) is 0.645. The van der Waals surface area contributed by atoms with Gasteiger partial charge in [-0.05, 0) is 27.3 Å². The van der Waals surface area contributed by atoms with Crippen LogP contribution in [0, 0.1) is 0 Å². The fourth-order valence-electron chi connectivity index (χ4n) is 1.72. The summed E-state index contributed by atoms with van der Waals surface area (Å²) in [5.74, 6) is 0.214. The summed E-state index contributed by atoms with van der Waals surface area (Å²) in [5, 5.41) is 0. The second-order valence-electron chi connectivity index (χ2n) is 4.35. The number of piperazine rings is 1. The topological polar surface area (TPSA) is 23.6 Å². The normalized spacial score (nSPS) is 17.7. The third-order valence-corrected chi connectivity index (χ3v) is 3.18. The Hall–Kier alpha value is -0.830. The van der Waals surface area contributed by atoms with Crippen molar-refractivity contribution in [3.8, 4) is 0 Å². The predicted octanol–water partition coefficient (Wildman–Crippen LogP) is 1.51. The molecule has 1 aliphatic rings. The van der Waals surface area contributed by atoms with Crippen molar-refractivity contribution in [3.63, 3.8) is 0 Å².